The molecule has 0 nitrogen and oxygen atoms in total. The van der Waals surface area contributed by atoms with Gasteiger partial charge in [-0.2, -0.15) is 0 Å². The van der Waals surface area contributed by atoms with E-state index in [1.165, 1.54) is 55.6 Å². The molecule has 0 amide bonds. The Labute approximate surface area is 155 Å². The Morgan fingerprint density at radius 3 is 1.42 bits per heavy atom. The third kappa shape index (κ3) is 2.45. The lowest BCUT2D eigenvalue weighted by Crippen LogP contribution is -1.91. The van der Waals surface area contributed by atoms with Crippen LogP contribution in [0.4, 0.5) is 0 Å². The number of rotatable bonds is 2. The molecule has 3 aromatic carbocycles. The lowest BCUT2D eigenvalue weighted by atomic mass is 9.92. The molecule has 0 atom stereocenters. The van der Waals surface area contributed by atoms with E-state index in [-0.39, 0.29) is 0 Å². The highest BCUT2D eigenvalue weighted by molar-refractivity contribution is 5.78. The molecule has 2 aliphatic carbocycles. The molecule has 5 rings (SSSR count). The van der Waals surface area contributed by atoms with E-state index in [1.807, 2.05) is 0 Å². The molecule has 0 aliphatic heterocycles. The highest BCUT2D eigenvalue weighted by atomic mass is 14.2. The predicted molar refractivity (Wildman–Crippen MR) is 112 cm³/mol. The van der Waals surface area contributed by atoms with Crippen molar-refractivity contribution in [2.24, 2.45) is 0 Å². The molecule has 0 saturated heterocycles. The molecule has 0 saturated carbocycles. The summed E-state index contributed by atoms with van der Waals surface area (Å²) in [6, 6.07) is 18.5. The van der Waals surface area contributed by atoms with Crippen molar-refractivity contribution in [3.63, 3.8) is 0 Å². The SMILES string of the molecule is Cc1cc2c(cc1-c1ccc(-c3cc4c(cc3C)C=CC4)cc1)CC=C2. The first kappa shape index (κ1) is 15.4. The van der Waals surface area contributed by atoms with Crippen LogP contribution in [0.15, 0.2) is 60.7 Å². The minimum Gasteiger partial charge on any atom is -0.0795 e. The van der Waals surface area contributed by atoms with Gasteiger partial charge >= 0.3 is 0 Å². The molecule has 0 radical (unpaired) electrons. The summed E-state index contributed by atoms with van der Waals surface area (Å²) in [6.45, 7) is 4.43. The van der Waals surface area contributed by atoms with Crippen molar-refractivity contribution in [2.45, 2.75) is 26.7 Å². The first-order valence-corrected chi connectivity index (χ1v) is 9.40. The van der Waals surface area contributed by atoms with Gasteiger partial charge in [-0.25, -0.2) is 0 Å². The fraction of sp³-hybridized carbons (Fsp3) is 0.154. The third-order valence-electron chi connectivity index (χ3n) is 5.75. The lowest BCUT2D eigenvalue weighted by molar-refractivity contribution is 1.29. The fourth-order valence-corrected chi connectivity index (χ4v) is 4.29. The van der Waals surface area contributed by atoms with Gasteiger partial charge in [0.1, 0.15) is 0 Å². The Morgan fingerprint density at radius 1 is 0.577 bits per heavy atom. The maximum absolute atomic E-state index is 2.37. The van der Waals surface area contributed by atoms with Gasteiger partial charge < -0.3 is 0 Å². The van der Waals surface area contributed by atoms with Crippen LogP contribution in [0.2, 0.25) is 0 Å². The quantitative estimate of drug-likeness (QED) is 0.485. The van der Waals surface area contributed by atoms with E-state index in [0.717, 1.165) is 12.8 Å². The van der Waals surface area contributed by atoms with Crippen LogP contribution in [0.25, 0.3) is 34.4 Å². The molecule has 0 heteroatoms. The van der Waals surface area contributed by atoms with Crippen LogP contribution in [0, 0.1) is 13.8 Å². The fourth-order valence-electron chi connectivity index (χ4n) is 4.29. The van der Waals surface area contributed by atoms with E-state index in [9.17, 15) is 0 Å². The molecule has 0 heterocycles. The zero-order valence-corrected chi connectivity index (χ0v) is 15.3. The average molecular weight is 334 g/mol. The maximum Gasteiger partial charge on any atom is -0.00880 e. The third-order valence-corrected chi connectivity index (χ3v) is 5.75. The van der Waals surface area contributed by atoms with Gasteiger partial charge in [0, 0.05) is 0 Å². The zero-order valence-electron chi connectivity index (χ0n) is 15.3. The van der Waals surface area contributed by atoms with Crippen LogP contribution in [0.3, 0.4) is 0 Å². The van der Waals surface area contributed by atoms with Gasteiger partial charge in [0.25, 0.3) is 0 Å². The van der Waals surface area contributed by atoms with Crippen molar-refractivity contribution in [1.29, 1.82) is 0 Å². The molecule has 126 valence electrons. The number of fused-ring (bicyclic) bond motifs is 2. The molecule has 0 fully saturated rings. The lowest BCUT2D eigenvalue weighted by Gasteiger charge is -2.13. The van der Waals surface area contributed by atoms with E-state index >= 15 is 0 Å². The minimum atomic E-state index is 1.06. The number of hydrogen-bond acceptors (Lipinski definition) is 0. The van der Waals surface area contributed by atoms with Crippen molar-refractivity contribution < 1.29 is 0 Å². The number of benzene rings is 3. The van der Waals surface area contributed by atoms with Crippen LogP contribution < -0.4 is 0 Å². The average Bonchev–Trinajstić information content (AvgIpc) is 3.28. The molecule has 0 unspecified atom stereocenters. The Balaban J connectivity index is 1.53. The van der Waals surface area contributed by atoms with E-state index in [0.29, 0.717) is 0 Å². The summed E-state index contributed by atoms with van der Waals surface area (Å²) in [5.74, 6) is 0. The number of hydrogen-bond donors (Lipinski definition) is 0. The summed E-state index contributed by atoms with van der Waals surface area (Å²) in [5, 5.41) is 0. The second kappa shape index (κ2) is 5.85. The summed E-state index contributed by atoms with van der Waals surface area (Å²) < 4.78 is 0. The first-order valence-electron chi connectivity index (χ1n) is 9.40. The van der Waals surface area contributed by atoms with Gasteiger partial charge in [-0.05, 0) is 94.5 Å². The van der Waals surface area contributed by atoms with Crippen molar-refractivity contribution in [2.75, 3.05) is 0 Å². The van der Waals surface area contributed by atoms with E-state index in [1.54, 1.807) is 0 Å². The van der Waals surface area contributed by atoms with Crippen molar-refractivity contribution in [1.82, 2.24) is 0 Å². The van der Waals surface area contributed by atoms with Crippen molar-refractivity contribution in [3.05, 3.63) is 94.1 Å². The predicted octanol–water partition coefficient (Wildman–Crippen LogP) is 6.78. The number of aryl methyl sites for hydroxylation is 2. The van der Waals surface area contributed by atoms with Gasteiger partial charge in [0.15, 0.2) is 0 Å². The van der Waals surface area contributed by atoms with Gasteiger partial charge in [-0.1, -0.05) is 60.7 Å². The summed E-state index contributed by atoms with van der Waals surface area (Å²) in [5.41, 5.74) is 13.7. The second-order valence-corrected chi connectivity index (χ2v) is 7.52. The summed E-state index contributed by atoms with van der Waals surface area (Å²) >= 11 is 0. The van der Waals surface area contributed by atoms with Gasteiger partial charge in [-0.15, -0.1) is 0 Å². The van der Waals surface area contributed by atoms with E-state index in [4.69, 9.17) is 0 Å². The molecular formula is C26H22. The Bertz CT molecular complexity index is 988. The molecule has 0 spiro atoms. The second-order valence-electron chi connectivity index (χ2n) is 7.52. The molecule has 26 heavy (non-hydrogen) atoms. The van der Waals surface area contributed by atoms with E-state index < -0.39 is 0 Å². The van der Waals surface area contributed by atoms with Crippen molar-refractivity contribution in [3.8, 4) is 22.3 Å². The topological polar surface area (TPSA) is 0 Å². The van der Waals surface area contributed by atoms with E-state index in [2.05, 4.69) is 86.7 Å². The van der Waals surface area contributed by atoms with Crippen LogP contribution in [0.5, 0.6) is 0 Å². The maximum atomic E-state index is 2.37. The van der Waals surface area contributed by atoms with Crippen LogP contribution >= 0.6 is 0 Å². The normalized spacial score (nSPS) is 13.9. The smallest absolute Gasteiger partial charge is 0.00880 e. The Kier molecular flexibility index (Phi) is 3.46. The zero-order chi connectivity index (χ0) is 17.7. The molecular weight excluding hydrogens is 312 g/mol. The standard InChI is InChI=1S/C26H22/c1-17-13-21-5-3-7-23(21)15-25(17)19-9-11-20(12-10-19)26-16-24-8-4-6-22(24)14-18(26)2/h3-6,9-16H,7-8H2,1-2H3. The minimum absolute atomic E-state index is 1.06. The highest BCUT2D eigenvalue weighted by Gasteiger charge is 2.12. The largest absolute Gasteiger partial charge is 0.0795 e. The molecule has 0 aromatic heterocycles. The molecule has 2 aliphatic rings. The molecule has 3 aromatic rings. The van der Waals surface area contributed by atoms with Gasteiger partial charge in [0.2, 0.25) is 0 Å². The van der Waals surface area contributed by atoms with Crippen LogP contribution in [-0.2, 0) is 12.8 Å². The first-order chi connectivity index (χ1) is 12.7. The Hall–Kier alpha value is -2.86. The monoisotopic (exact) mass is 334 g/mol. The highest BCUT2D eigenvalue weighted by Crippen LogP contribution is 2.34. The van der Waals surface area contributed by atoms with Gasteiger partial charge in [-0.3, -0.25) is 0 Å². The van der Waals surface area contributed by atoms with Crippen molar-refractivity contribution >= 4 is 12.2 Å². The van der Waals surface area contributed by atoms with Crippen LogP contribution in [0.1, 0.15) is 33.4 Å². The molecule has 0 bridgehead atoms. The number of allylic oxidation sites excluding steroid dienone is 2. The summed E-state index contributed by atoms with van der Waals surface area (Å²) in [4.78, 5) is 0. The summed E-state index contributed by atoms with van der Waals surface area (Å²) in [7, 11) is 0. The summed E-state index contributed by atoms with van der Waals surface area (Å²) in [6.07, 6.45) is 11.1. The van der Waals surface area contributed by atoms with Gasteiger partial charge in [0.05, 0.1) is 0 Å². The Morgan fingerprint density at radius 2 is 1.00 bits per heavy atom. The van der Waals surface area contributed by atoms with Crippen LogP contribution in [-0.4, -0.2) is 0 Å². The molecule has 0 N–H and O–H groups in total.